The molecule has 0 aromatic carbocycles. The van der Waals surface area contributed by atoms with Gasteiger partial charge in [-0.15, -0.1) is 0 Å². The molecule has 21 heavy (non-hydrogen) atoms. The zero-order chi connectivity index (χ0) is 15.4. The van der Waals surface area contributed by atoms with Gasteiger partial charge in [0.15, 0.2) is 0 Å². The normalized spacial score (nSPS) is 16.7. The predicted octanol–water partition coefficient (Wildman–Crippen LogP) is 6.56. The Balaban J connectivity index is 2.31. The Morgan fingerprint density at radius 2 is 1.10 bits per heavy atom. The van der Waals surface area contributed by atoms with Crippen molar-refractivity contribution in [2.75, 3.05) is 13.1 Å². The van der Waals surface area contributed by atoms with Crippen molar-refractivity contribution in [3.05, 3.63) is 0 Å². The summed E-state index contributed by atoms with van der Waals surface area (Å²) < 4.78 is 0. The van der Waals surface area contributed by atoms with Gasteiger partial charge in [0.05, 0.1) is 0 Å². The van der Waals surface area contributed by atoms with Crippen molar-refractivity contribution in [2.45, 2.75) is 116 Å². The van der Waals surface area contributed by atoms with Crippen LogP contribution in [0.4, 0.5) is 0 Å². The first kappa shape index (κ1) is 19.0. The van der Waals surface area contributed by atoms with E-state index in [9.17, 15) is 0 Å². The number of hydrogen-bond acceptors (Lipinski definition) is 1. The van der Waals surface area contributed by atoms with Crippen LogP contribution in [0.25, 0.3) is 0 Å². The zero-order valence-electron chi connectivity index (χ0n) is 15.3. The Hall–Kier alpha value is -0.0400. The second-order valence-corrected chi connectivity index (χ2v) is 7.52. The molecular weight excluding hydrogens is 254 g/mol. The molecule has 0 amide bonds. The van der Waals surface area contributed by atoms with Crippen molar-refractivity contribution in [1.82, 2.24) is 4.90 Å². The molecule has 126 valence electrons. The van der Waals surface area contributed by atoms with Crippen LogP contribution in [0.5, 0.6) is 0 Å². The standard InChI is InChI=1S/C20H41N/c1-4-6-8-10-12-16-20(3,21-18-14-15-19-21)17-13-11-9-7-5-2/h4-19H2,1-3H3. The number of nitrogens with zero attached hydrogens (tertiary/aromatic N) is 1. The summed E-state index contributed by atoms with van der Waals surface area (Å²) in [6.45, 7) is 9.91. The number of likely N-dealkylation sites (tertiary alicyclic amines) is 1. The molecule has 0 N–H and O–H groups in total. The molecule has 0 aromatic heterocycles. The molecule has 1 saturated heterocycles. The Bertz CT molecular complexity index is 216. The smallest absolute Gasteiger partial charge is 0.0181 e. The van der Waals surface area contributed by atoms with Crippen LogP contribution in [0.2, 0.25) is 0 Å². The van der Waals surface area contributed by atoms with Gasteiger partial charge in [-0.1, -0.05) is 78.1 Å². The fourth-order valence-electron chi connectivity index (χ4n) is 3.92. The van der Waals surface area contributed by atoms with E-state index >= 15 is 0 Å². The lowest BCUT2D eigenvalue weighted by atomic mass is 9.86. The summed E-state index contributed by atoms with van der Waals surface area (Å²) in [4.78, 5) is 2.83. The molecule has 1 heterocycles. The van der Waals surface area contributed by atoms with Crippen molar-refractivity contribution in [3.8, 4) is 0 Å². The highest BCUT2D eigenvalue weighted by atomic mass is 15.2. The highest BCUT2D eigenvalue weighted by Gasteiger charge is 2.32. The van der Waals surface area contributed by atoms with Crippen LogP contribution in [0, 0.1) is 0 Å². The summed E-state index contributed by atoms with van der Waals surface area (Å²) in [5, 5.41) is 0. The summed E-state index contributed by atoms with van der Waals surface area (Å²) in [5.41, 5.74) is 0.509. The SMILES string of the molecule is CCCCCCCC(C)(CCCCCCC)N1CCCC1. The average Bonchev–Trinajstić information content (AvgIpc) is 3.02. The Morgan fingerprint density at radius 1 is 0.667 bits per heavy atom. The van der Waals surface area contributed by atoms with Crippen molar-refractivity contribution < 1.29 is 0 Å². The van der Waals surface area contributed by atoms with Gasteiger partial charge in [0.2, 0.25) is 0 Å². The maximum atomic E-state index is 2.83. The van der Waals surface area contributed by atoms with Crippen LogP contribution < -0.4 is 0 Å². The highest BCUT2D eigenvalue weighted by molar-refractivity contribution is 4.88. The number of rotatable bonds is 13. The molecule has 0 atom stereocenters. The molecule has 0 spiro atoms. The molecule has 1 nitrogen and oxygen atoms in total. The van der Waals surface area contributed by atoms with Crippen molar-refractivity contribution >= 4 is 0 Å². The first-order valence-electron chi connectivity index (χ1n) is 9.98. The first-order valence-corrected chi connectivity index (χ1v) is 9.98. The number of unbranched alkanes of at least 4 members (excludes halogenated alkanes) is 8. The Kier molecular flexibility index (Phi) is 10.4. The molecular formula is C20H41N. The Morgan fingerprint density at radius 3 is 1.52 bits per heavy atom. The molecule has 1 fully saturated rings. The van der Waals surface area contributed by atoms with Crippen LogP contribution in [0.15, 0.2) is 0 Å². The second kappa shape index (κ2) is 11.5. The molecule has 0 aliphatic carbocycles. The van der Waals surface area contributed by atoms with Gasteiger partial charge in [0.1, 0.15) is 0 Å². The van der Waals surface area contributed by atoms with E-state index in [1.165, 1.54) is 103 Å². The zero-order valence-corrected chi connectivity index (χ0v) is 15.3. The van der Waals surface area contributed by atoms with Gasteiger partial charge in [-0.25, -0.2) is 0 Å². The van der Waals surface area contributed by atoms with E-state index in [1.54, 1.807) is 0 Å². The second-order valence-electron chi connectivity index (χ2n) is 7.52. The van der Waals surface area contributed by atoms with Crippen LogP contribution in [0.1, 0.15) is 111 Å². The summed E-state index contributed by atoms with van der Waals surface area (Å²) in [5.74, 6) is 0. The molecule has 1 aliphatic heterocycles. The van der Waals surface area contributed by atoms with Crippen LogP contribution in [0.3, 0.4) is 0 Å². The maximum absolute atomic E-state index is 2.83. The van der Waals surface area contributed by atoms with Gasteiger partial charge in [-0.2, -0.15) is 0 Å². The fourth-order valence-corrected chi connectivity index (χ4v) is 3.92. The lowest BCUT2D eigenvalue weighted by molar-refractivity contribution is 0.107. The highest BCUT2D eigenvalue weighted by Crippen LogP contribution is 2.32. The van der Waals surface area contributed by atoms with E-state index in [0.717, 1.165) is 0 Å². The summed E-state index contributed by atoms with van der Waals surface area (Å²) >= 11 is 0. The quantitative estimate of drug-likeness (QED) is 0.348. The van der Waals surface area contributed by atoms with Crippen LogP contribution >= 0.6 is 0 Å². The van der Waals surface area contributed by atoms with E-state index in [0.29, 0.717) is 5.54 Å². The summed E-state index contributed by atoms with van der Waals surface area (Å²) in [6, 6.07) is 0. The van der Waals surface area contributed by atoms with Crippen molar-refractivity contribution in [3.63, 3.8) is 0 Å². The van der Waals surface area contributed by atoms with Gasteiger partial charge in [0.25, 0.3) is 0 Å². The van der Waals surface area contributed by atoms with E-state index in [2.05, 4.69) is 25.7 Å². The molecule has 1 rings (SSSR count). The lowest BCUT2D eigenvalue weighted by Crippen LogP contribution is -2.44. The minimum atomic E-state index is 0.509. The van der Waals surface area contributed by atoms with E-state index in [1.807, 2.05) is 0 Å². The molecule has 0 unspecified atom stereocenters. The average molecular weight is 296 g/mol. The third-order valence-electron chi connectivity index (χ3n) is 5.51. The molecule has 1 heteroatoms. The number of hydrogen-bond donors (Lipinski definition) is 0. The van der Waals surface area contributed by atoms with E-state index < -0.39 is 0 Å². The van der Waals surface area contributed by atoms with Gasteiger partial charge in [0, 0.05) is 5.54 Å². The summed E-state index contributed by atoms with van der Waals surface area (Å²) in [7, 11) is 0. The van der Waals surface area contributed by atoms with Crippen LogP contribution in [-0.4, -0.2) is 23.5 Å². The molecule has 0 radical (unpaired) electrons. The van der Waals surface area contributed by atoms with Gasteiger partial charge >= 0.3 is 0 Å². The predicted molar refractivity (Wildman–Crippen MR) is 96.0 cm³/mol. The monoisotopic (exact) mass is 295 g/mol. The van der Waals surface area contributed by atoms with Gasteiger partial charge < -0.3 is 0 Å². The minimum Gasteiger partial charge on any atom is -0.298 e. The minimum absolute atomic E-state index is 0.509. The third kappa shape index (κ3) is 7.68. The van der Waals surface area contributed by atoms with E-state index in [4.69, 9.17) is 0 Å². The first-order chi connectivity index (χ1) is 10.2. The lowest BCUT2D eigenvalue weighted by Gasteiger charge is -2.39. The topological polar surface area (TPSA) is 3.24 Å². The summed E-state index contributed by atoms with van der Waals surface area (Å²) in [6.07, 6.45) is 20.0. The maximum Gasteiger partial charge on any atom is 0.0181 e. The Labute approximate surface area is 134 Å². The fraction of sp³-hybridized carbons (Fsp3) is 1.00. The van der Waals surface area contributed by atoms with Crippen molar-refractivity contribution in [1.29, 1.82) is 0 Å². The molecule has 0 aromatic rings. The van der Waals surface area contributed by atoms with Gasteiger partial charge in [-0.05, 0) is 45.7 Å². The largest absolute Gasteiger partial charge is 0.298 e. The molecule has 0 saturated carbocycles. The van der Waals surface area contributed by atoms with Crippen LogP contribution in [-0.2, 0) is 0 Å². The van der Waals surface area contributed by atoms with Crippen molar-refractivity contribution in [2.24, 2.45) is 0 Å². The molecule has 0 bridgehead atoms. The molecule has 1 aliphatic rings. The third-order valence-corrected chi connectivity index (χ3v) is 5.51. The van der Waals surface area contributed by atoms with E-state index in [-0.39, 0.29) is 0 Å². The van der Waals surface area contributed by atoms with Gasteiger partial charge in [-0.3, -0.25) is 4.90 Å².